The van der Waals surface area contributed by atoms with Gasteiger partial charge in [0.2, 0.25) is 5.91 Å². The molecule has 0 heterocycles. The molecular formula is C18H17Cl2NO. The molecule has 1 saturated carbocycles. The summed E-state index contributed by atoms with van der Waals surface area (Å²) in [6.07, 6.45) is 0.841. The Labute approximate surface area is 140 Å². The van der Waals surface area contributed by atoms with Crippen LogP contribution in [-0.2, 0) is 4.79 Å². The van der Waals surface area contributed by atoms with E-state index in [1.165, 1.54) is 5.56 Å². The number of carbonyl (C=O) groups excluding carboxylic acids is 1. The molecular weight excluding hydrogens is 317 g/mol. The first kappa shape index (κ1) is 15.4. The number of hydrogen-bond acceptors (Lipinski definition) is 1. The van der Waals surface area contributed by atoms with E-state index >= 15 is 0 Å². The van der Waals surface area contributed by atoms with Crippen LogP contribution >= 0.6 is 23.2 Å². The fourth-order valence-corrected chi connectivity index (χ4v) is 3.36. The van der Waals surface area contributed by atoms with Crippen LogP contribution in [0.5, 0.6) is 0 Å². The molecule has 3 rings (SSSR count). The van der Waals surface area contributed by atoms with E-state index in [0.717, 1.165) is 23.2 Å². The van der Waals surface area contributed by atoms with Crippen molar-refractivity contribution in [1.29, 1.82) is 0 Å². The van der Waals surface area contributed by atoms with Crippen LogP contribution < -0.4 is 5.32 Å². The molecule has 2 aromatic carbocycles. The molecule has 1 aliphatic carbocycles. The zero-order valence-corrected chi connectivity index (χ0v) is 14.0. The second kappa shape index (κ2) is 5.94. The maximum Gasteiger partial charge on any atom is 0.228 e. The van der Waals surface area contributed by atoms with Crippen molar-refractivity contribution in [1.82, 2.24) is 0 Å². The van der Waals surface area contributed by atoms with Crippen LogP contribution in [0, 0.1) is 19.8 Å². The lowest BCUT2D eigenvalue weighted by atomic mass is 10.1. The van der Waals surface area contributed by atoms with Crippen molar-refractivity contribution in [3.63, 3.8) is 0 Å². The van der Waals surface area contributed by atoms with Crippen LogP contribution in [0.15, 0.2) is 36.4 Å². The van der Waals surface area contributed by atoms with Crippen molar-refractivity contribution in [2.24, 2.45) is 5.92 Å². The minimum absolute atomic E-state index is 0.00441. The summed E-state index contributed by atoms with van der Waals surface area (Å²) >= 11 is 12.1. The number of carbonyl (C=O) groups is 1. The summed E-state index contributed by atoms with van der Waals surface area (Å²) in [5.41, 5.74) is 4.19. The van der Waals surface area contributed by atoms with Crippen LogP contribution in [0.25, 0.3) is 0 Å². The molecule has 22 heavy (non-hydrogen) atoms. The Balaban J connectivity index is 1.70. The molecule has 114 valence electrons. The van der Waals surface area contributed by atoms with Gasteiger partial charge in [-0.2, -0.15) is 0 Å². The first-order valence-corrected chi connectivity index (χ1v) is 8.04. The van der Waals surface area contributed by atoms with Crippen LogP contribution in [0.4, 0.5) is 5.69 Å². The van der Waals surface area contributed by atoms with Gasteiger partial charge in [0.15, 0.2) is 0 Å². The van der Waals surface area contributed by atoms with E-state index < -0.39 is 0 Å². The van der Waals surface area contributed by atoms with Crippen molar-refractivity contribution in [3.8, 4) is 0 Å². The smallest absolute Gasteiger partial charge is 0.228 e. The molecule has 0 aromatic heterocycles. The minimum atomic E-state index is -0.00441. The van der Waals surface area contributed by atoms with Crippen molar-refractivity contribution in [2.75, 3.05) is 5.32 Å². The fraction of sp³-hybridized carbons (Fsp3) is 0.278. The van der Waals surface area contributed by atoms with Crippen molar-refractivity contribution in [3.05, 3.63) is 63.1 Å². The van der Waals surface area contributed by atoms with E-state index in [9.17, 15) is 4.79 Å². The quantitative estimate of drug-likeness (QED) is 0.805. The third kappa shape index (κ3) is 3.29. The summed E-state index contributed by atoms with van der Waals surface area (Å²) in [5.74, 6) is 0.269. The predicted octanol–water partition coefficient (Wildman–Crippen LogP) is 5.35. The average Bonchev–Trinajstić information content (AvgIpc) is 3.21. The van der Waals surface area contributed by atoms with Gasteiger partial charge in [-0.25, -0.2) is 0 Å². The maximum absolute atomic E-state index is 12.4. The fourth-order valence-electron chi connectivity index (χ4n) is 2.82. The Morgan fingerprint density at radius 3 is 2.41 bits per heavy atom. The molecule has 0 saturated heterocycles. The van der Waals surface area contributed by atoms with Gasteiger partial charge < -0.3 is 5.32 Å². The summed E-state index contributed by atoms with van der Waals surface area (Å²) in [7, 11) is 0. The van der Waals surface area contributed by atoms with E-state index in [1.54, 1.807) is 6.07 Å². The third-order valence-corrected chi connectivity index (χ3v) is 4.52. The first-order chi connectivity index (χ1) is 10.4. The molecule has 1 amide bonds. The number of aryl methyl sites for hydroxylation is 2. The van der Waals surface area contributed by atoms with Gasteiger partial charge >= 0.3 is 0 Å². The molecule has 1 fully saturated rings. The number of benzene rings is 2. The Morgan fingerprint density at radius 1 is 1.09 bits per heavy atom. The number of nitrogens with one attached hydrogen (secondary N) is 1. The highest BCUT2D eigenvalue weighted by Crippen LogP contribution is 2.49. The predicted molar refractivity (Wildman–Crippen MR) is 91.9 cm³/mol. The highest BCUT2D eigenvalue weighted by atomic mass is 35.5. The normalized spacial score (nSPS) is 19.8. The van der Waals surface area contributed by atoms with E-state index in [4.69, 9.17) is 23.2 Å². The number of anilines is 1. The molecule has 0 spiro atoms. The van der Waals surface area contributed by atoms with Gasteiger partial charge in [0.1, 0.15) is 0 Å². The molecule has 0 unspecified atom stereocenters. The minimum Gasteiger partial charge on any atom is -0.326 e. The third-order valence-electron chi connectivity index (χ3n) is 4.08. The summed E-state index contributed by atoms with van der Waals surface area (Å²) < 4.78 is 0. The summed E-state index contributed by atoms with van der Waals surface area (Å²) in [5, 5.41) is 4.25. The zero-order chi connectivity index (χ0) is 15.9. The molecule has 2 atom stereocenters. The summed E-state index contributed by atoms with van der Waals surface area (Å²) in [4.78, 5) is 12.4. The average molecular weight is 334 g/mol. The zero-order valence-electron chi connectivity index (χ0n) is 12.5. The number of hydrogen-bond donors (Lipinski definition) is 1. The van der Waals surface area contributed by atoms with Gasteiger partial charge in [-0.15, -0.1) is 0 Å². The van der Waals surface area contributed by atoms with Crippen molar-refractivity contribution in [2.45, 2.75) is 26.2 Å². The monoisotopic (exact) mass is 333 g/mol. The van der Waals surface area contributed by atoms with Gasteiger partial charge in [-0.05, 0) is 61.6 Å². The summed E-state index contributed by atoms with van der Waals surface area (Å²) in [6.45, 7) is 4.04. The van der Waals surface area contributed by atoms with E-state index in [1.807, 2.05) is 38.1 Å². The highest BCUT2D eigenvalue weighted by Gasteiger charge is 2.44. The van der Waals surface area contributed by atoms with Crippen LogP contribution in [0.3, 0.4) is 0 Å². The first-order valence-electron chi connectivity index (χ1n) is 7.28. The van der Waals surface area contributed by atoms with Gasteiger partial charge in [0, 0.05) is 21.7 Å². The second-order valence-electron chi connectivity index (χ2n) is 5.96. The Kier molecular flexibility index (Phi) is 4.16. The topological polar surface area (TPSA) is 29.1 Å². The van der Waals surface area contributed by atoms with E-state index in [0.29, 0.717) is 10.0 Å². The molecule has 1 aliphatic rings. The molecule has 0 aliphatic heterocycles. The van der Waals surface area contributed by atoms with Crippen LogP contribution in [0.1, 0.15) is 29.0 Å². The maximum atomic E-state index is 12.4. The van der Waals surface area contributed by atoms with Gasteiger partial charge in [-0.1, -0.05) is 40.9 Å². The Hall–Kier alpha value is -1.51. The molecule has 0 radical (unpaired) electrons. The molecule has 1 N–H and O–H groups in total. The van der Waals surface area contributed by atoms with Crippen molar-refractivity contribution >= 4 is 34.8 Å². The van der Waals surface area contributed by atoms with Gasteiger partial charge in [-0.3, -0.25) is 4.79 Å². The highest BCUT2D eigenvalue weighted by molar-refractivity contribution is 6.34. The second-order valence-corrected chi connectivity index (χ2v) is 6.83. The van der Waals surface area contributed by atoms with Gasteiger partial charge in [0.05, 0.1) is 0 Å². The summed E-state index contributed by atoms with van der Waals surface area (Å²) in [6, 6.07) is 11.5. The molecule has 4 heteroatoms. The van der Waals surface area contributed by atoms with Crippen LogP contribution in [0.2, 0.25) is 10.0 Å². The standard InChI is InChI=1S/C18H17Cl2NO/c1-10-3-4-17(11(2)5-10)21-18(22)16-9-15(16)12-6-13(19)8-14(20)7-12/h3-8,15-16H,9H2,1-2H3,(H,21,22)/t15-,16+/m1/s1. The largest absolute Gasteiger partial charge is 0.326 e. The number of halogens is 2. The van der Waals surface area contributed by atoms with Crippen LogP contribution in [-0.4, -0.2) is 5.91 Å². The molecule has 0 bridgehead atoms. The Morgan fingerprint density at radius 2 is 1.77 bits per heavy atom. The lowest BCUT2D eigenvalue weighted by Gasteiger charge is -2.09. The van der Waals surface area contributed by atoms with Crippen molar-refractivity contribution < 1.29 is 4.79 Å². The molecule has 2 nitrogen and oxygen atoms in total. The van der Waals surface area contributed by atoms with E-state index in [-0.39, 0.29) is 17.7 Å². The van der Waals surface area contributed by atoms with E-state index in [2.05, 4.69) is 11.4 Å². The Bertz CT molecular complexity index is 722. The number of rotatable bonds is 3. The lowest BCUT2D eigenvalue weighted by molar-refractivity contribution is -0.117. The molecule has 2 aromatic rings. The SMILES string of the molecule is Cc1ccc(NC(=O)[C@H]2C[C@@H]2c2cc(Cl)cc(Cl)c2)c(C)c1. The van der Waals surface area contributed by atoms with Gasteiger partial charge in [0.25, 0.3) is 0 Å². The lowest BCUT2D eigenvalue weighted by Crippen LogP contribution is -2.15. The number of amides is 1.